The molecule has 29 heavy (non-hydrogen) atoms. The van der Waals surface area contributed by atoms with E-state index < -0.39 is 27.8 Å². The van der Waals surface area contributed by atoms with Gasteiger partial charge in [-0.1, -0.05) is 0 Å². The van der Waals surface area contributed by atoms with Crippen molar-refractivity contribution < 1.29 is 22.3 Å². The first-order valence-electron chi connectivity index (χ1n) is 8.52. The van der Waals surface area contributed by atoms with Crippen LogP contribution < -0.4 is 14.8 Å². The average Bonchev–Trinajstić information content (AvgIpc) is 2.96. The molecule has 0 saturated heterocycles. The maximum absolute atomic E-state index is 13.5. The lowest BCUT2D eigenvalue weighted by Gasteiger charge is -2.13. The molecule has 2 aromatic rings. The summed E-state index contributed by atoms with van der Waals surface area (Å²) in [7, 11) is -2.41. The lowest BCUT2D eigenvalue weighted by molar-refractivity contribution is 0.101. The number of aryl methyl sites for hydroxylation is 1. The summed E-state index contributed by atoms with van der Waals surface area (Å²) < 4.78 is 48.3. The average molecular weight is 416 g/mol. The van der Waals surface area contributed by atoms with Gasteiger partial charge in [0.25, 0.3) is 5.91 Å². The van der Waals surface area contributed by atoms with Crippen LogP contribution in [0.1, 0.15) is 29.4 Å². The molecule has 1 aromatic heterocycles. The molecule has 1 amide bonds. The SMILES string of the molecule is CC#CC[C@@H]1COc2c(cn(C)c2C(=O)Nc2ccc(F)c(C#N)c2)S(=O)(=O)N1. The second kappa shape index (κ2) is 7.95. The summed E-state index contributed by atoms with van der Waals surface area (Å²) in [5.41, 5.74) is -0.0551. The van der Waals surface area contributed by atoms with Gasteiger partial charge in [-0.2, -0.15) is 5.26 Å². The van der Waals surface area contributed by atoms with Crippen molar-refractivity contribution in [3.63, 3.8) is 0 Å². The Kier molecular flexibility index (Phi) is 5.59. The van der Waals surface area contributed by atoms with Crippen molar-refractivity contribution in [1.29, 1.82) is 5.26 Å². The van der Waals surface area contributed by atoms with E-state index in [1.807, 2.05) is 0 Å². The molecule has 3 rings (SSSR count). The second-order valence-electron chi connectivity index (χ2n) is 6.30. The number of ether oxygens (including phenoxy) is 1. The van der Waals surface area contributed by atoms with E-state index in [9.17, 15) is 17.6 Å². The molecule has 2 heterocycles. The summed E-state index contributed by atoms with van der Waals surface area (Å²) in [6.07, 6.45) is 1.55. The highest BCUT2D eigenvalue weighted by Crippen LogP contribution is 2.33. The predicted molar refractivity (Wildman–Crippen MR) is 102 cm³/mol. The largest absolute Gasteiger partial charge is 0.488 e. The number of benzene rings is 1. The molecule has 0 bridgehead atoms. The fraction of sp³-hybridized carbons (Fsp3) is 0.263. The molecule has 8 nitrogen and oxygen atoms in total. The van der Waals surface area contributed by atoms with Crippen LogP contribution in [-0.4, -0.2) is 31.5 Å². The van der Waals surface area contributed by atoms with Gasteiger partial charge in [0.1, 0.15) is 23.4 Å². The fourth-order valence-electron chi connectivity index (χ4n) is 2.88. The van der Waals surface area contributed by atoms with Crippen molar-refractivity contribution in [3.8, 4) is 23.7 Å². The summed E-state index contributed by atoms with van der Waals surface area (Å²) in [4.78, 5) is 12.6. The van der Waals surface area contributed by atoms with Crippen molar-refractivity contribution in [3.05, 3.63) is 41.5 Å². The molecular weight excluding hydrogens is 399 g/mol. The van der Waals surface area contributed by atoms with Crippen molar-refractivity contribution in [2.24, 2.45) is 7.05 Å². The molecule has 150 valence electrons. The number of halogens is 1. The second-order valence-corrected chi connectivity index (χ2v) is 7.99. The van der Waals surface area contributed by atoms with Gasteiger partial charge in [-0.25, -0.2) is 17.5 Å². The predicted octanol–water partition coefficient (Wildman–Crippen LogP) is 1.74. The highest BCUT2D eigenvalue weighted by Gasteiger charge is 2.34. The van der Waals surface area contributed by atoms with Crippen LogP contribution in [0.3, 0.4) is 0 Å². The number of anilines is 1. The third-order valence-electron chi connectivity index (χ3n) is 4.23. The van der Waals surface area contributed by atoms with Crippen molar-refractivity contribution in [2.45, 2.75) is 24.3 Å². The number of nitrogens with one attached hydrogen (secondary N) is 2. The molecule has 0 aliphatic carbocycles. The summed E-state index contributed by atoms with van der Waals surface area (Å²) >= 11 is 0. The molecule has 0 saturated carbocycles. The molecule has 0 spiro atoms. The van der Waals surface area contributed by atoms with Crippen LogP contribution in [0.15, 0.2) is 29.3 Å². The number of amides is 1. The van der Waals surface area contributed by atoms with Gasteiger partial charge in [0.15, 0.2) is 11.4 Å². The van der Waals surface area contributed by atoms with E-state index in [1.54, 1.807) is 13.0 Å². The van der Waals surface area contributed by atoms with Gasteiger partial charge in [0, 0.05) is 25.4 Å². The van der Waals surface area contributed by atoms with Crippen molar-refractivity contribution in [2.75, 3.05) is 11.9 Å². The molecular formula is C19H17FN4O4S. The zero-order valence-electron chi connectivity index (χ0n) is 15.6. The topological polar surface area (TPSA) is 113 Å². The Labute approximate surface area is 167 Å². The number of hydrogen-bond acceptors (Lipinski definition) is 5. The maximum atomic E-state index is 13.5. The smallest absolute Gasteiger partial charge is 0.276 e. The first-order valence-corrected chi connectivity index (χ1v) is 10.00. The molecule has 1 aliphatic rings. The first kappa shape index (κ1) is 20.4. The fourth-order valence-corrected chi connectivity index (χ4v) is 4.29. The summed E-state index contributed by atoms with van der Waals surface area (Å²) in [5, 5.41) is 11.5. The van der Waals surface area contributed by atoms with E-state index in [0.717, 1.165) is 6.07 Å². The highest BCUT2D eigenvalue weighted by atomic mass is 32.2. The lowest BCUT2D eigenvalue weighted by atomic mass is 10.2. The Morgan fingerprint density at radius 3 is 2.93 bits per heavy atom. The number of fused-ring (bicyclic) bond motifs is 1. The van der Waals surface area contributed by atoms with Crippen LogP contribution in [0.2, 0.25) is 0 Å². The molecule has 1 aliphatic heterocycles. The Hall–Kier alpha value is -3.34. The van der Waals surface area contributed by atoms with Gasteiger partial charge in [-0.3, -0.25) is 4.79 Å². The molecule has 1 aromatic carbocycles. The van der Waals surface area contributed by atoms with E-state index in [2.05, 4.69) is 21.9 Å². The van der Waals surface area contributed by atoms with E-state index in [1.165, 1.54) is 29.9 Å². The lowest BCUT2D eigenvalue weighted by Crippen LogP contribution is -2.36. The summed E-state index contributed by atoms with van der Waals surface area (Å²) in [5.74, 6) is 4.05. The third kappa shape index (κ3) is 4.09. The standard InChI is InChI=1S/C19H17FN4O4S/c1-3-4-5-14-11-28-18-16(29(26,27)23-14)10-24(2)17(18)19(25)22-13-6-7-15(20)12(8-13)9-21/h6-8,10,14,23H,5,11H2,1-2H3,(H,22,25)/t14-/m1/s1. The van der Waals surface area contributed by atoms with E-state index in [-0.39, 0.29) is 40.6 Å². The molecule has 10 heteroatoms. The number of nitrogens with zero attached hydrogens (tertiary/aromatic N) is 2. The van der Waals surface area contributed by atoms with Crippen LogP contribution in [0.4, 0.5) is 10.1 Å². The summed E-state index contributed by atoms with van der Waals surface area (Å²) in [6.45, 7) is 1.65. The van der Waals surface area contributed by atoms with Crippen molar-refractivity contribution in [1.82, 2.24) is 9.29 Å². The Morgan fingerprint density at radius 2 is 2.24 bits per heavy atom. The van der Waals surface area contributed by atoms with Gasteiger partial charge in [0.05, 0.1) is 11.6 Å². The monoisotopic (exact) mass is 416 g/mol. The van der Waals surface area contributed by atoms with Crippen LogP contribution in [0, 0.1) is 29.0 Å². The number of sulfonamides is 1. The number of hydrogen-bond donors (Lipinski definition) is 2. The van der Waals surface area contributed by atoms with Gasteiger partial charge < -0.3 is 14.6 Å². The van der Waals surface area contributed by atoms with E-state index in [4.69, 9.17) is 10.00 Å². The molecule has 0 unspecified atom stereocenters. The highest BCUT2D eigenvalue weighted by molar-refractivity contribution is 7.89. The van der Waals surface area contributed by atoms with Gasteiger partial charge in [0.2, 0.25) is 10.0 Å². The molecule has 2 N–H and O–H groups in total. The van der Waals surface area contributed by atoms with Crippen LogP contribution in [-0.2, 0) is 17.1 Å². The van der Waals surface area contributed by atoms with Crippen molar-refractivity contribution >= 4 is 21.6 Å². The minimum Gasteiger partial charge on any atom is -0.488 e. The minimum absolute atomic E-state index is 0.000329. The quantitative estimate of drug-likeness (QED) is 0.740. The number of rotatable bonds is 3. The summed E-state index contributed by atoms with van der Waals surface area (Å²) in [6, 6.07) is 4.68. The normalized spacial score (nSPS) is 17.0. The van der Waals surface area contributed by atoms with E-state index in [0.29, 0.717) is 0 Å². The van der Waals surface area contributed by atoms with E-state index >= 15 is 0 Å². The Balaban J connectivity index is 1.95. The number of carbonyl (C=O) groups excluding carboxylic acids is 1. The number of nitriles is 1. The van der Waals surface area contributed by atoms with Crippen LogP contribution >= 0.6 is 0 Å². The zero-order valence-corrected chi connectivity index (χ0v) is 16.4. The number of carbonyl (C=O) groups is 1. The molecule has 1 atom stereocenters. The van der Waals surface area contributed by atoms with Gasteiger partial charge in [-0.15, -0.1) is 11.8 Å². The zero-order chi connectivity index (χ0) is 21.2. The Morgan fingerprint density at radius 1 is 1.48 bits per heavy atom. The van der Waals surface area contributed by atoms with Crippen LogP contribution in [0.25, 0.3) is 0 Å². The molecule has 0 fully saturated rings. The maximum Gasteiger partial charge on any atom is 0.276 e. The number of aromatic nitrogens is 1. The third-order valence-corrected chi connectivity index (χ3v) is 5.74. The first-order chi connectivity index (χ1) is 13.8. The van der Waals surface area contributed by atoms with Crippen LogP contribution in [0.5, 0.6) is 5.75 Å². The Bertz CT molecular complexity index is 1190. The minimum atomic E-state index is -3.92. The van der Waals surface area contributed by atoms with Gasteiger partial charge >= 0.3 is 0 Å². The molecule has 0 radical (unpaired) electrons. The van der Waals surface area contributed by atoms with Gasteiger partial charge in [-0.05, 0) is 25.1 Å².